The molecule has 8 aromatic rings. The predicted molar refractivity (Wildman–Crippen MR) is 193 cm³/mol. The van der Waals surface area contributed by atoms with Gasteiger partial charge in [0.15, 0.2) is 17.5 Å². The monoisotopic (exact) mass is 613 g/mol. The molecule has 0 saturated heterocycles. The van der Waals surface area contributed by atoms with E-state index in [1.54, 1.807) is 0 Å². The van der Waals surface area contributed by atoms with Crippen LogP contribution in [0.25, 0.3) is 70.0 Å². The maximum absolute atomic E-state index is 4.97. The van der Waals surface area contributed by atoms with Gasteiger partial charge in [-0.1, -0.05) is 122 Å². The average molecular weight is 614 g/mol. The largest absolute Gasteiger partial charge is 0.208 e. The number of benzene rings is 5. The van der Waals surface area contributed by atoms with Gasteiger partial charge in [-0.05, 0) is 41.8 Å². The highest BCUT2D eigenvalue weighted by molar-refractivity contribution is 7.28. The molecule has 8 rings (SSSR count). The second kappa shape index (κ2) is 11.4. The number of hydrogen-bond acceptors (Lipinski definition) is 5. The van der Waals surface area contributed by atoms with Crippen LogP contribution in [0, 0.1) is 6.92 Å². The second-order valence-corrected chi connectivity index (χ2v) is 13.0. The lowest BCUT2D eigenvalue weighted by Gasteiger charge is -2.11. The second-order valence-electron chi connectivity index (χ2n) is 10.9. The first-order chi connectivity index (χ1) is 22.2. The first kappa shape index (κ1) is 27.3. The number of thiophene rings is 2. The van der Waals surface area contributed by atoms with Crippen molar-refractivity contribution in [1.82, 2.24) is 15.0 Å². The van der Waals surface area contributed by atoms with Crippen LogP contribution in [-0.2, 0) is 0 Å². The molecule has 0 amide bonds. The molecule has 3 aromatic heterocycles. The molecule has 0 unspecified atom stereocenters. The smallest absolute Gasteiger partial charge is 0.164 e. The molecule has 0 bridgehead atoms. The van der Waals surface area contributed by atoms with E-state index in [0.717, 1.165) is 27.8 Å². The average Bonchev–Trinajstić information content (AvgIpc) is 3.65. The van der Waals surface area contributed by atoms with Crippen LogP contribution < -0.4 is 0 Å². The number of aromatic nitrogens is 3. The number of fused-ring (bicyclic) bond motifs is 5. The summed E-state index contributed by atoms with van der Waals surface area (Å²) in [7, 11) is 0. The SMILES string of the molecule is C=C/C=C(/c1cccc(-c2nc(-c3ccccc3)nc(-c3ccccc3)n2)c1)c1sc2ccc3c4ccccc4sc3c2c1C. The van der Waals surface area contributed by atoms with Gasteiger partial charge in [0.1, 0.15) is 0 Å². The molecule has 0 atom stereocenters. The molecular weight excluding hydrogens is 587 g/mol. The first-order valence-electron chi connectivity index (χ1n) is 14.8. The Kier molecular flexibility index (Phi) is 6.90. The minimum absolute atomic E-state index is 0.641. The number of allylic oxidation sites excluding steroid dienone is 2. The van der Waals surface area contributed by atoms with Crippen molar-refractivity contribution >= 4 is 58.5 Å². The van der Waals surface area contributed by atoms with E-state index in [1.165, 1.54) is 40.7 Å². The summed E-state index contributed by atoms with van der Waals surface area (Å²) in [6, 6.07) is 41.9. The quantitative estimate of drug-likeness (QED) is 0.175. The summed E-state index contributed by atoms with van der Waals surface area (Å²) in [5.74, 6) is 1.95. The summed E-state index contributed by atoms with van der Waals surface area (Å²) in [5, 5.41) is 3.99. The van der Waals surface area contributed by atoms with Crippen molar-refractivity contribution in [3.05, 3.63) is 156 Å². The summed E-state index contributed by atoms with van der Waals surface area (Å²) in [4.78, 5) is 16.0. The van der Waals surface area contributed by atoms with Crippen molar-refractivity contribution in [3.8, 4) is 34.2 Å². The minimum Gasteiger partial charge on any atom is -0.208 e. The van der Waals surface area contributed by atoms with Crippen molar-refractivity contribution in [2.45, 2.75) is 6.92 Å². The van der Waals surface area contributed by atoms with Gasteiger partial charge in [0.05, 0.1) is 0 Å². The first-order valence-corrected chi connectivity index (χ1v) is 16.5. The molecule has 0 aliphatic heterocycles. The molecule has 0 aliphatic carbocycles. The maximum atomic E-state index is 4.97. The van der Waals surface area contributed by atoms with Gasteiger partial charge in [0.2, 0.25) is 0 Å². The molecule has 3 nitrogen and oxygen atoms in total. The minimum atomic E-state index is 0.641. The molecule has 0 saturated carbocycles. The Hall–Kier alpha value is -5.23. The lowest BCUT2D eigenvalue weighted by atomic mass is 9.97. The van der Waals surface area contributed by atoms with E-state index in [9.17, 15) is 0 Å². The van der Waals surface area contributed by atoms with E-state index >= 15 is 0 Å². The van der Waals surface area contributed by atoms with Gasteiger partial charge in [-0.3, -0.25) is 0 Å². The maximum Gasteiger partial charge on any atom is 0.164 e. The highest BCUT2D eigenvalue weighted by atomic mass is 32.1. The summed E-state index contributed by atoms with van der Waals surface area (Å²) in [6.45, 7) is 6.34. The molecule has 0 fully saturated rings. The zero-order chi connectivity index (χ0) is 30.3. The molecule has 5 heteroatoms. The summed E-state index contributed by atoms with van der Waals surface area (Å²) in [6.07, 6.45) is 4.00. The van der Waals surface area contributed by atoms with Gasteiger partial charge < -0.3 is 0 Å². The summed E-state index contributed by atoms with van der Waals surface area (Å²) >= 11 is 3.72. The molecule has 0 radical (unpaired) electrons. The Labute approximate surface area is 269 Å². The third-order valence-electron chi connectivity index (χ3n) is 8.10. The van der Waals surface area contributed by atoms with Crippen LogP contribution in [0.4, 0.5) is 0 Å². The van der Waals surface area contributed by atoms with Crippen molar-refractivity contribution in [2.24, 2.45) is 0 Å². The number of nitrogens with zero attached hydrogens (tertiary/aromatic N) is 3. The lowest BCUT2D eigenvalue weighted by molar-refractivity contribution is 1.07. The zero-order valence-corrected chi connectivity index (χ0v) is 26.2. The topological polar surface area (TPSA) is 38.7 Å². The van der Waals surface area contributed by atoms with Gasteiger partial charge in [0.25, 0.3) is 0 Å². The molecule has 0 spiro atoms. The van der Waals surface area contributed by atoms with E-state index in [1.807, 2.05) is 89.4 Å². The van der Waals surface area contributed by atoms with Crippen LogP contribution in [0.15, 0.2) is 140 Å². The van der Waals surface area contributed by atoms with Crippen molar-refractivity contribution in [1.29, 1.82) is 0 Å². The summed E-state index contributed by atoms with van der Waals surface area (Å²) in [5.41, 5.74) is 6.37. The van der Waals surface area contributed by atoms with E-state index in [2.05, 4.69) is 80.2 Å². The van der Waals surface area contributed by atoms with Crippen LogP contribution >= 0.6 is 22.7 Å². The van der Waals surface area contributed by atoms with Crippen LogP contribution in [0.2, 0.25) is 0 Å². The normalized spacial score (nSPS) is 11.9. The number of aryl methyl sites for hydroxylation is 1. The van der Waals surface area contributed by atoms with Crippen molar-refractivity contribution in [2.75, 3.05) is 0 Å². The van der Waals surface area contributed by atoms with Crippen molar-refractivity contribution in [3.63, 3.8) is 0 Å². The van der Waals surface area contributed by atoms with E-state index in [4.69, 9.17) is 15.0 Å². The standard InChI is InChI=1S/C40H27N3S2/c1-3-13-30(36-25(2)35-34(45-36)23-22-32-31-20-10-11-21-33(31)44-37(32)35)28-18-12-19-29(24-28)40-42-38(26-14-6-4-7-15-26)41-39(43-40)27-16-8-5-9-17-27/h3-24H,1H2,2H3/b30-13-. The third-order valence-corrected chi connectivity index (χ3v) is 10.6. The Morgan fingerprint density at radius 3 is 1.91 bits per heavy atom. The van der Waals surface area contributed by atoms with Gasteiger partial charge in [-0.2, -0.15) is 0 Å². The van der Waals surface area contributed by atoms with Crippen molar-refractivity contribution < 1.29 is 0 Å². The Bertz CT molecular complexity index is 2340. The van der Waals surface area contributed by atoms with Gasteiger partial charge in [0, 0.05) is 51.8 Å². The van der Waals surface area contributed by atoms with E-state index in [0.29, 0.717) is 17.5 Å². The Morgan fingerprint density at radius 1 is 0.600 bits per heavy atom. The fourth-order valence-electron chi connectivity index (χ4n) is 5.95. The van der Waals surface area contributed by atoms with Crippen LogP contribution in [0.3, 0.4) is 0 Å². The third kappa shape index (κ3) is 4.87. The molecule has 214 valence electrons. The molecule has 5 aromatic carbocycles. The Morgan fingerprint density at radius 2 is 1.22 bits per heavy atom. The van der Waals surface area contributed by atoms with E-state index < -0.39 is 0 Å². The molecule has 45 heavy (non-hydrogen) atoms. The number of hydrogen-bond donors (Lipinski definition) is 0. The molecule has 0 aliphatic rings. The zero-order valence-electron chi connectivity index (χ0n) is 24.6. The predicted octanol–water partition coefficient (Wildman–Crippen LogP) is 11.4. The van der Waals surface area contributed by atoms with Crippen LogP contribution in [0.5, 0.6) is 0 Å². The summed E-state index contributed by atoms with van der Waals surface area (Å²) < 4.78 is 3.97. The lowest BCUT2D eigenvalue weighted by Crippen LogP contribution is -2.00. The van der Waals surface area contributed by atoms with Gasteiger partial charge >= 0.3 is 0 Å². The van der Waals surface area contributed by atoms with Gasteiger partial charge in [-0.25, -0.2) is 15.0 Å². The van der Waals surface area contributed by atoms with Crippen LogP contribution in [-0.4, -0.2) is 15.0 Å². The van der Waals surface area contributed by atoms with Crippen LogP contribution in [0.1, 0.15) is 16.0 Å². The highest BCUT2D eigenvalue weighted by Gasteiger charge is 2.19. The highest BCUT2D eigenvalue weighted by Crippen LogP contribution is 2.45. The molecule has 0 N–H and O–H groups in total. The number of rotatable bonds is 6. The molecule has 3 heterocycles. The fourth-order valence-corrected chi connectivity index (χ4v) is 8.59. The fraction of sp³-hybridized carbons (Fsp3) is 0.0250. The van der Waals surface area contributed by atoms with Gasteiger partial charge in [-0.15, -0.1) is 22.7 Å². The Balaban J connectivity index is 1.28. The molecular formula is C40H27N3S2. The van der Waals surface area contributed by atoms with E-state index in [-0.39, 0.29) is 0 Å².